The zero-order valence-electron chi connectivity index (χ0n) is 16.4. The Labute approximate surface area is 174 Å². The maximum absolute atomic E-state index is 10.9. The second kappa shape index (κ2) is 9.01. The molecule has 152 valence electrons. The van der Waals surface area contributed by atoms with E-state index in [9.17, 15) is 4.79 Å². The van der Waals surface area contributed by atoms with E-state index in [2.05, 4.69) is 4.98 Å². The zero-order chi connectivity index (χ0) is 21.0. The summed E-state index contributed by atoms with van der Waals surface area (Å²) >= 11 is 6.31. The van der Waals surface area contributed by atoms with Crippen LogP contribution in [0.25, 0.3) is 22.7 Å². The fourth-order valence-electron chi connectivity index (χ4n) is 2.98. The molecule has 0 atom stereocenters. The van der Waals surface area contributed by atoms with Crippen LogP contribution in [0.5, 0.6) is 11.5 Å². The fraction of sp³-hybridized carbons (Fsp3) is 0.273. The van der Waals surface area contributed by atoms with E-state index < -0.39 is 5.97 Å². The van der Waals surface area contributed by atoms with E-state index in [1.807, 2.05) is 38.1 Å². The second-order valence-corrected chi connectivity index (χ2v) is 7.15. The van der Waals surface area contributed by atoms with E-state index in [1.54, 1.807) is 25.5 Å². The van der Waals surface area contributed by atoms with E-state index in [-0.39, 0.29) is 12.5 Å². The van der Waals surface area contributed by atoms with Gasteiger partial charge in [0.05, 0.1) is 18.2 Å². The normalized spacial score (nSPS) is 10.9. The number of hydrogen-bond donors (Lipinski definition) is 1. The lowest BCUT2D eigenvalue weighted by atomic mass is 10.0. The molecule has 29 heavy (non-hydrogen) atoms. The Morgan fingerprint density at radius 2 is 2.07 bits per heavy atom. The lowest BCUT2D eigenvalue weighted by Crippen LogP contribution is -2.05. The van der Waals surface area contributed by atoms with Gasteiger partial charge < -0.3 is 19.0 Å². The third kappa shape index (κ3) is 4.90. The molecule has 1 heterocycles. The van der Waals surface area contributed by atoms with Gasteiger partial charge >= 0.3 is 5.97 Å². The topological polar surface area (TPSA) is 81.8 Å². The van der Waals surface area contributed by atoms with Crippen LogP contribution in [0.4, 0.5) is 0 Å². The molecule has 0 spiro atoms. The van der Waals surface area contributed by atoms with Gasteiger partial charge in [0.2, 0.25) is 5.89 Å². The molecule has 0 amide bonds. The number of rotatable bonds is 8. The molecule has 0 aliphatic carbocycles. The lowest BCUT2D eigenvalue weighted by Gasteiger charge is -2.11. The van der Waals surface area contributed by atoms with Crippen molar-refractivity contribution in [2.24, 2.45) is 0 Å². The van der Waals surface area contributed by atoms with Gasteiger partial charge in [0, 0.05) is 17.5 Å². The number of carbonyl (C=O) groups is 1. The number of nitrogens with zero attached hydrogens (tertiary/aromatic N) is 1. The molecule has 0 radical (unpaired) electrons. The number of carboxylic acid groups (broad SMARTS) is 1. The van der Waals surface area contributed by atoms with Gasteiger partial charge in [-0.15, -0.1) is 0 Å². The Hall–Kier alpha value is -2.99. The Kier molecular flexibility index (Phi) is 6.44. The number of aryl methyl sites for hydroxylation is 1. The van der Waals surface area contributed by atoms with Crippen LogP contribution in [0.1, 0.15) is 25.8 Å². The number of hydrogen-bond acceptors (Lipinski definition) is 5. The van der Waals surface area contributed by atoms with Crippen molar-refractivity contribution < 1.29 is 23.8 Å². The van der Waals surface area contributed by atoms with Gasteiger partial charge in [0.15, 0.2) is 0 Å². The van der Waals surface area contributed by atoms with Gasteiger partial charge in [-0.05, 0) is 50.1 Å². The van der Waals surface area contributed by atoms with Crippen LogP contribution in [-0.4, -0.2) is 29.3 Å². The van der Waals surface area contributed by atoms with Gasteiger partial charge in [-0.2, -0.15) is 0 Å². The van der Waals surface area contributed by atoms with Crippen LogP contribution in [0.15, 0.2) is 47.1 Å². The molecule has 0 saturated carbocycles. The summed E-state index contributed by atoms with van der Waals surface area (Å²) < 4.78 is 16.8. The molecule has 0 saturated heterocycles. The average Bonchev–Trinajstić information content (AvgIpc) is 3.17. The first-order valence-electron chi connectivity index (χ1n) is 9.19. The molecular formula is C22H22ClNO5. The number of para-hydroxylation sites is 1. The van der Waals surface area contributed by atoms with E-state index in [1.165, 1.54) is 0 Å². The largest absolute Gasteiger partial charge is 0.496 e. The van der Waals surface area contributed by atoms with Gasteiger partial charge in [0.1, 0.15) is 23.5 Å². The molecule has 0 aliphatic heterocycles. The maximum Gasteiger partial charge on any atom is 0.303 e. The SMILES string of the molecule is COc1c(CCC(=O)O)cccc1-c1coc(-c2ccc(OC(C)C)c(Cl)c2)n1. The van der Waals surface area contributed by atoms with Crippen molar-refractivity contribution in [3.05, 3.63) is 53.2 Å². The van der Waals surface area contributed by atoms with E-state index in [0.29, 0.717) is 34.5 Å². The van der Waals surface area contributed by atoms with Gasteiger partial charge in [-0.3, -0.25) is 4.79 Å². The minimum atomic E-state index is -0.858. The standard InChI is InChI=1S/C22H22ClNO5/c1-13(2)29-19-9-7-15(11-17(19)23)22-24-18(12-28-22)16-6-4-5-14(21(16)27-3)8-10-20(25)26/h4-7,9,11-13H,8,10H2,1-3H3,(H,25,26). The van der Waals surface area contributed by atoms with Crippen molar-refractivity contribution >= 4 is 17.6 Å². The monoisotopic (exact) mass is 415 g/mol. The summed E-state index contributed by atoms with van der Waals surface area (Å²) in [7, 11) is 1.55. The third-order valence-corrected chi connectivity index (χ3v) is 4.53. The Morgan fingerprint density at radius 1 is 1.28 bits per heavy atom. The van der Waals surface area contributed by atoms with Crippen LogP contribution in [0.3, 0.4) is 0 Å². The van der Waals surface area contributed by atoms with Crippen LogP contribution in [0, 0.1) is 0 Å². The number of ether oxygens (including phenoxy) is 2. The highest BCUT2D eigenvalue weighted by molar-refractivity contribution is 6.32. The first-order chi connectivity index (χ1) is 13.9. The van der Waals surface area contributed by atoms with Gasteiger partial charge in [0.25, 0.3) is 0 Å². The van der Waals surface area contributed by atoms with Crippen LogP contribution in [-0.2, 0) is 11.2 Å². The van der Waals surface area contributed by atoms with Gasteiger partial charge in [-0.1, -0.05) is 23.7 Å². The number of aliphatic carboxylic acids is 1. The maximum atomic E-state index is 10.9. The van der Waals surface area contributed by atoms with Crippen LogP contribution >= 0.6 is 11.6 Å². The molecule has 0 bridgehead atoms. The molecule has 7 heteroatoms. The molecule has 3 rings (SSSR count). The molecule has 6 nitrogen and oxygen atoms in total. The highest BCUT2D eigenvalue weighted by Crippen LogP contribution is 2.36. The van der Waals surface area contributed by atoms with Crippen molar-refractivity contribution in [2.45, 2.75) is 32.8 Å². The molecule has 1 aromatic heterocycles. The lowest BCUT2D eigenvalue weighted by molar-refractivity contribution is -0.136. The number of aromatic nitrogens is 1. The molecular weight excluding hydrogens is 394 g/mol. The number of halogens is 1. The first-order valence-corrected chi connectivity index (χ1v) is 9.57. The summed E-state index contributed by atoms with van der Waals surface area (Å²) in [4.78, 5) is 15.5. The number of benzene rings is 2. The molecule has 0 aliphatic rings. The Morgan fingerprint density at radius 3 is 2.72 bits per heavy atom. The molecule has 1 N–H and O–H groups in total. The Balaban J connectivity index is 1.91. The quantitative estimate of drug-likeness (QED) is 0.525. The molecule has 3 aromatic rings. The van der Waals surface area contributed by atoms with Crippen LogP contribution in [0.2, 0.25) is 5.02 Å². The van der Waals surface area contributed by atoms with Crippen molar-refractivity contribution in [1.29, 1.82) is 0 Å². The summed E-state index contributed by atoms with van der Waals surface area (Å²) in [6, 6.07) is 10.9. The second-order valence-electron chi connectivity index (χ2n) is 6.74. The van der Waals surface area contributed by atoms with Gasteiger partial charge in [-0.25, -0.2) is 4.98 Å². The predicted molar refractivity (Wildman–Crippen MR) is 111 cm³/mol. The fourth-order valence-corrected chi connectivity index (χ4v) is 3.20. The summed E-state index contributed by atoms with van der Waals surface area (Å²) in [6.45, 7) is 3.87. The predicted octanol–water partition coefficient (Wildman–Crippen LogP) is 5.48. The van der Waals surface area contributed by atoms with Crippen molar-refractivity contribution in [3.63, 3.8) is 0 Å². The molecule has 0 unspecified atom stereocenters. The summed E-state index contributed by atoms with van der Waals surface area (Å²) in [6.07, 6.45) is 1.95. The summed E-state index contributed by atoms with van der Waals surface area (Å²) in [5, 5.41) is 9.43. The number of carboxylic acids is 1. The molecule has 0 fully saturated rings. The third-order valence-electron chi connectivity index (χ3n) is 4.23. The highest BCUT2D eigenvalue weighted by atomic mass is 35.5. The summed E-state index contributed by atoms with van der Waals surface area (Å²) in [5.41, 5.74) is 2.84. The van der Waals surface area contributed by atoms with Crippen molar-refractivity contribution in [3.8, 4) is 34.2 Å². The first kappa shape index (κ1) is 20.7. The zero-order valence-corrected chi connectivity index (χ0v) is 17.2. The number of oxazole rings is 1. The van der Waals surface area contributed by atoms with Crippen molar-refractivity contribution in [2.75, 3.05) is 7.11 Å². The van der Waals surface area contributed by atoms with E-state index >= 15 is 0 Å². The van der Waals surface area contributed by atoms with E-state index in [0.717, 1.165) is 16.7 Å². The minimum absolute atomic E-state index is 0.0209. The van der Waals surface area contributed by atoms with E-state index in [4.69, 9.17) is 30.6 Å². The Bertz CT molecular complexity index is 1010. The highest BCUT2D eigenvalue weighted by Gasteiger charge is 2.17. The van der Waals surface area contributed by atoms with Crippen molar-refractivity contribution in [1.82, 2.24) is 4.98 Å². The number of methoxy groups -OCH3 is 1. The molecule has 2 aromatic carbocycles. The average molecular weight is 416 g/mol. The minimum Gasteiger partial charge on any atom is -0.496 e. The smallest absolute Gasteiger partial charge is 0.303 e. The van der Waals surface area contributed by atoms with Crippen LogP contribution < -0.4 is 9.47 Å². The summed E-state index contributed by atoms with van der Waals surface area (Å²) in [5.74, 6) is 0.747.